The van der Waals surface area contributed by atoms with Gasteiger partial charge in [0.2, 0.25) is 11.1 Å². The van der Waals surface area contributed by atoms with Gasteiger partial charge in [-0.2, -0.15) is 18.3 Å². The lowest BCUT2D eigenvalue weighted by Gasteiger charge is -2.15. The van der Waals surface area contributed by atoms with Crippen LogP contribution in [0.25, 0.3) is 5.69 Å². The second-order valence-corrected chi connectivity index (χ2v) is 7.10. The van der Waals surface area contributed by atoms with E-state index in [0.717, 1.165) is 28.9 Å². The topological polar surface area (TPSA) is 98.6 Å². The number of carbonyl (C=O) groups excluding carboxylic acids is 3. The molecule has 2 aromatic carbocycles. The summed E-state index contributed by atoms with van der Waals surface area (Å²) >= 11 is 0. The van der Waals surface area contributed by atoms with Crippen LogP contribution in [0.3, 0.4) is 0 Å². The van der Waals surface area contributed by atoms with Crippen molar-refractivity contribution in [1.82, 2.24) is 14.7 Å². The fraction of sp³-hybridized carbons (Fsp3) is 0.136. The Bertz CT molecular complexity index is 1330. The van der Waals surface area contributed by atoms with Gasteiger partial charge in [-0.05, 0) is 37.3 Å². The van der Waals surface area contributed by atoms with Crippen LogP contribution in [0.15, 0.2) is 59.4 Å². The molecule has 1 aromatic heterocycles. The van der Waals surface area contributed by atoms with E-state index < -0.39 is 47.4 Å². The standard InChI is InChI=1S/C22H14F3N3O5/c1-12-9-17(29)18(26-28(12)14-6-4-5-13(10-14)22(23,24)25)21(32)33-11-27-19(30)15-7-2-3-8-16(15)20(27)31/h2-10H,11H2,1H3. The van der Waals surface area contributed by atoms with Gasteiger partial charge in [-0.1, -0.05) is 18.2 Å². The van der Waals surface area contributed by atoms with Crippen molar-refractivity contribution >= 4 is 17.8 Å². The average molecular weight is 457 g/mol. The Balaban J connectivity index is 1.59. The minimum Gasteiger partial charge on any atom is -0.439 e. The van der Waals surface area contributed by atoms with Gasteiger partial charge in [-0.15, -0.1) is 0 Å². The van der Waals surface area contributed by atoms with Crippen LogP contribution in [0.5, 0.6) is 0 Å². The van der Waals surface area contributed by atoms with Crippen LogP contribution in [0.4, 0.5) is 13.2 Å². The summed E-state index contributed by atoms with van der Waals surface area (Å²) in [5.41, 5.74) is -2.03. The quantitative estimate of drug-likeness (QED) is 0.441. The van der Waals surface area contributed by atoms with E-state index in [1.807, 2.05) is 0 Å². The molecule has 2 amide bonds. The number of benzene rings is 2. The Morgan fingerprint density at radius 1 is 0.970 bits per heavy atom. The highest BCUT2D eigenvalue weighted by molar-refractivity contribution is 6.21. The molecule has 11 heteroatoms. The summed E-state index contributed by atoms with van der Waals surface area (Å²) in [6.45, 7) is 0.673. The average Bonchev–Trinajstić information content (AvgIpc) is 3.01. The summed E-state index contributed by atoms with van der Waals surface area (Å²) in [6, 6.07) is 11.3. The SMILES string of the molecule is Cc1cc(=O)c(C(=O)OCN2C(=O)c3ccccc3C2=O)nn1-c1cccc(C(F)(F)F)c1. The summed E-state index contributed by atoms with van der Waals surface area (Å²) < 4.78 is 45.1. The smallest absolute Gasteiger partial charge is 0.416 e. The van der Waals surface area contributed by atoms with E-state index in [1.54, 1.807) is 12.1 Å². The number of rotatable bonds is 4. The third-order valence-corrected chi connectivity index (χ3v) is 4.92. The van der Waals surface area contributed by atoms with Crippen LogP contribution in [-0.4, -0.2) is 39.2 Å². The molecule has 1 aliphatic rings. The van der Waals surface area contributed by atoms with Gasteiger partial charge in [0.15, 0.2) is 6.73 Å². The molecule has 0 atom stereocenters. The van der Waals surface area contributed by atoms with Crippen molar-refractivity contribution in [3.05, 3.63) is 92.9 Å². The largest absolute Gasteiger partial charge is 0.439 e. The fourth-order valence-electron chi connectivity index (χ4n) is 3.31. The second kappa shape index (κ2) is 8.01. The van der Waals surface area contributed by atoms with Gasteiger partial charge in [-0.3, -0.25) is 14.4 Å². The molecular formula is C22H14F3N3O5. The number of nitrogens with zero attached hydrogens (tertiary/aromatic N) is 3. The molecule has 0 N–H and O–H groups in total. The number of halogens is 3. The number of hydrogen-bond acceptors (Lipinski definition) is 6. The van der Waals surface area contributed by atoms with Crippen molar-refractivity contribution in [2.24, 2.45) is 0 Å². The molecule has 1 aliphatic heterocycles. The highest BCUT2D eigenvalue weighted by Gasteiger charge is 2.36. The monoisotopic (exact) mass is 457 g/mol. The predicted molar refractivity (Wildman–Crippen MR) is 107 cm³/mol. The minimum atomic E-state index is -4.60. The molecular weight excluding hydrogens is 443 g/mol. The Morgan fingerprint density at radius 3 is 2.21 bits per heavy atom. The minimum absolute atomic E-state index is 0.0308. The third kappa shape index (κ3) is 4.00. The third-order valence-electron chi connectivity index (χ3n) is 4.92. The zero-order valence-electron chi connectivity index (χ0n) is 16.9. The van der Waals surface area contributed by atoms with E-state index in [-0.39, 0.29) is 22.5 Å². The van der Waals surface area contributed by atoms with Crippen molar-refractivity contribution in [1.29, 1.82) is 0 Å². The number of ether oxygens (including phenoxy) is 1. The number of alkyl halides is 3. The number of amides is 2. The number of hydrogen-bond donors (Lipinski definition) is 0. The van der Waals surface area contributed by atoms with Crippen molar-refractivity contribution in [2.45, 2.75) is 13.1 Å². The summed E-state index contributed by atoms with van der Waals surface area (Å²) in [5, 5.41) is 3.86. The normalized spacial score (nSPS) is 13.3. The Hall–Kier alpha value is -4.28. The van der Waals surface area contributed by atoms with E-state index in [9.17, 15) is 32.3 Å². The zero-order valence-corrected chi connectivity index (χ0v) is 16.9. The van der Waals surface area contributed by atoms with E-state index in [4.69, 9.17) is 4.74 Å². The lowest BCUT2D eigenvalue weighted by Crippen LogP contribution is -2.34. The maximum Gasteiger partial charge on any atom is 0.416 e. The van der Waals surface area contributed by atoms with Gasteiger partial charge in [0.25, 0.3) is 11.8 Å². The molecule has 8 nitrogen and oxygen atoms in total. The summed E-state index contributed by atoms with van der Waals surface area (Å²) in [4.78, 5) is 50.2. The molecule has 0 bridgehead atoms. The Labute approximate surface area is 183 Å². The van der Waals surface area contributed by atoms with Gasteiger partial charge in [-0.25, -0.2) is 14.4 Å². The number of carbonyl (C=O) groups is 3. The summed E-state index contributed by atoms with van der Waals surface area (Å²) in [6.07, 6.45) is -4.60. The van der Waals surface area contributed by atoms with Gasteiger partial charge in [0.05, 0.1) is 22.4 Å². The molecule has 0 spiro atoms. The van der Waals surface area contributed by atoms with E-state index in [2.05, 4.69) is 5.10 Å². The van der Waals surface area contributed by atoms with Crippen molar-refractivity contribution < 1.29 is 32.3 Å². The number of esters is 1. The summed E-state index contributed by atoms with van der Waals surface area (Å²) in [5.74, 6) is -2.57. The van der Waals surface area contributed by atoms with Crippen LogP contribution in [0.2, 0.25) is 0 Å². The lowest BCUT2D eigenvalue weighted by atomic mass is 10.1. The molecule has 0 unspecified atom stereocenters. The molecule has 33 heavy (non-hydrogen) atoms. The van der Waals surface area contributed by atoms with Crippen LogP contribution in [0.1, 0.15) is 42.5 Å². The maximum absolute atomic E-state index is 13.1. The number of aromatic nitrogens is 2. The van der Waals surface area contributed by atoms with Crippen LogP contribution in [-0.2, 0) is 10.9 Å². The zero-order chi connectivity index (χ0) is 23.9. The first-order valence-corrected chi connectivity index (χ1v) is 9.49. The first kappa shape index (κ1) is 21.9. The molecule has 0 aliphatic carbocycles. The molecule has 0 radical (unpaired) electrons. The van der Waals surface area contributed by atoms with Gasteiger partial charge < -0.3 is 4.74 Å². The highest BCUT2D eigenvalue weighted by atomic mass is 19.4. The second-order valence-electron chi connectivity index (χ2n) is 7.10. The van der Waals surface area contributed by atoms with E-state index in [1.165, 1.54) is 25.1 Å². The number of fused-ring (bicyclic) bond motifs is 1. The highest BCUT2D eigenvalue weighted by Crippen LogP contribution is 2.30. The predicted octanol–water partition coefficient (Wildman–Crippen LogP) is 2.97. The van der Waals surface area contributed by atoms with Gasteiger partial charge >= 0.3 is 12.1 Å². The lowest BCUT2D eigenvalue weighted by molar-refractivity contribution is -0.137. The van der Waals surface area contributed by atoms with E-state index in [0.29, 0.717) is 4.90 Å². The summed E-state index contributed by atoms with van der Waals surface area (Å²) in [7, 11) is 0. The van der Waals surface area contributed by atoms with E-state index >= 15 is 0 Å². The van der Waals surface area contributed by atoms with Crippen molar-refractivity contribution in [3.8, 4) is 5.69 Å². The van der Waals surface area contributed by atoms with Gasteiger partial charge in [0.1, 0.15) is 0 Å². The van der Waals surface area contributed by atoms with Crippen LogP contribution in [0, 0.1) is 6.92 Å². The molecule has 0 fully saturated rings. The van der Waals surface area contributed by atoms with Crippen molar-refractivity contribution in [3.63, 3.8) is 0 Å². The molecule has 168 valence electrons. The van der Waals surface area contributed by atoms with Crippen LogP contribution >= 0.6 is 0 Å². The molecule has 3 aromatic rings. The first-order chi connectivity index (χ1) is 15.6. The molecule has 0 saturated heterocycles. The number of aryl methyl sites for hydroxylation is 1. The Morgan fingerprint density at radius 2 is 1.61 bits per heavy atom. The Kier molecular flexibility index (Phi) is 5.32. The number of imide groups is 1. The van der Waals surface area contributed by atoms with Gasteiger partial charge in [0, 0.05) is 11.8 Å². The van der Waals surface area contributed by atoms with Crippen molar-refractivity contribution in [2.75, 3.05) is 6.73 Å². The fourth-order valence-corrected chi connectivity index (χ4v) is 3.31. The molecule has 0 saturated carbocycles. The first-order valence-electron chi connectivity index (χ1n) is 9.49. The molecule has 4 rings (SSSR count). The maximum atomic E-state index is 13.1. The molecule has 2 heterocycles. The van der Waals surface area contributed by atoms with Crippen LogP contribution < -0.4 is 5.43 Å².